The number of hydrogen-bond acceptors (Lipinski definition) is 4. The molecule has 1 heterocycles. The van der Waals surface area contributed by atoms with E-state index in [4.69, 9.17) is 0 Å². The highest BCUT2D eigenvalue weighted by molar-refractivity contribution is 5.60. The second-order valence-corrected chi connectivity index (χ2v) is 3.50. The van der Waals surface area contributed by atoms with Gasteiger partial charge in [-0.1, -0.05) is 12.1 Å². The predicted molar refractivity (Wildman–Crippen MR) is 57.8 cm³/mol. The number of hydrogen-bond donors (Lipinski definition) is 0. The lowest BCUT2D eigenvalue weighted by Crippen LogP contribution is -1.93. The molecule has 0 aliphatic carbocycles. The van der Waals surface area contributed by atoms with Gasteiger partial charge in [-0.3, -0.25) is 14.8 Å². The first-order valence-corrected chi connectivity index (χ1v) is 4.69. The lowest BCUT2D eigenvalue weighted by molar-refractivity contribution is -0.385. The molecule has 0 aliphatic rings. The Balaban J connectivity index is 2.51. The summed E-state index contributed by atoms with van der Waals surface area (Å²) in [6.45, 7) is 1.70. The van der Waals surface area contributed by atoms with E-state index in [-0.39, 0.29) is 5.69 Å². The zero-order chi connectivity index (χ0) is 11.7. The van der Waals surface area contributed by atoms with E-state index in [1.54, 1.807) is 37.1 Å². The van der Waals surface area contributed by atoms with Crippen LogP contribution in [-0.4, -0.2) is 19.7 Å². The molecule has 0 amide bonds. The van der Waals surface area contributed by atoms with Crippen molar-refractivity contribution >= 4 is 5.69 Å². The van der Waals surface area contributed by atoms with E-state index in [9.17, 15) is 10.1 Å². The molecule has 0 atom stereocenters. The van der Waals surface area contributed by atoms with Crippen LogP contribution < -0.4 is 0 Å². The summed E-state index contributed by atoms with van der Waals surface area (Å²) in [6.07, 6.45) is 1.56. The van der Waals surface area contributed by atoms with E-state index in [1.165, 1.54) is 6.07 Å². The van der Waals surface area contributed by atoms with E-state index < -0.39 is 4.92 Å². The highest BCUT2D eigenvalue weighted by Crippen LogP contribution is 2.24. The standard InChI is InChI=1S/C10H10N4O2/c1-7-3-4-8(5-9(7)14(15)16)10-11-6-13(2)12-10/h3-6H,1-2H3. The maximum absolute atomic E-state index is 10.8. The molecule has 82 valence electrons. The molecule has 6 heteroatoms. The topological polar surface area (TPSA) is 73.8 Å². The van der Waals surface area contributed by atoms with Crippen LogP contribution in [0.5, 0.6) is 0 Å². The summed E-state index contributed by atoms with van der Waals surface area (Å²) in [5.74, 6) is 0.491. The van der Waals surface area contributed by atoms with Gasteiger partial charge >= 0.3 is 0 Å². The maximum atomic E-state index is 10.8. The number of benzene rings is 1. The maximum Gasteiger partial charge on any atom is 0.273 e. The highest BCUT2D eigenvalue weighted by atomic mass is 16.6. The molecule has 0 spiro atoms. The van der Waals surface area contributed by atoms with E-state index in [0.717, 1.165) is 0 Å². The number of rotatable bonds is 2. The summed E-state index contributed by atoms with van der Waals surface area (Å²) in [4.78, 5) is 14.4. The minimum atomic E-state index is -0.401. The number of nitro benzene ring substituents is 1. The van der Waals surface area contributed by atoms with Crippen LogP contribution in [0.1, 0.15) is 5.56 Å². The summed E-state index contributed by atoms with van der Waals surface area (Å²) >= 11 is 0. The van der Waals surface area contributed by atoms with Gasteiger partial charge < -0.3 is 0 Å². The van der Waals surface area contributed by atoms with Crippen molar-refractivity contribution in [2.24, 2.45) is 7.05 Å². The Bertz CT molecular complexity index is 548. The van der Waals surface area contributed by atoms with Gasteiger partial charge in [-0.25, -0.2) is 4.98 Å². The van der Waals surface area contributed by atoms with Crippen molar-refractivity contribution in [3.63, 3.8) is 0 Å². The van der Waals surface area contributed by atoms with Gasteiger partial charge in [0.15, 0.2) is 5.82 Å². The van der Waals surface area contributed by atoms with Crippen molar-refractivity contribution in [2.75, 3.05) is 0 Å². The van der Waals surface area contributed by atoms with Gasteiger partial charge in [-0.2, -0.15) is 5.10 Å². The summed E-state index contributed by atoms with van der Waals surface area (Å²) in [6, 6.07) is 4.96. The highest BCUT2D eigenvalue weighted by Gasteiger charge is 2.13. The third-order valence-electron chi connectivity index (χ3n) is 2.26. The van der Waals surface area contributed by atoms with Crippen molar-refractivity contribution in [3.8, 4) is 11.4 Å². The Morgan fingerprint density at radius 2 is 2.19 bits per heavy atom. The molecule has 2 rings (SSSR count). The van der Waals surface area contributed by atoms with Crippen LogP contribution >= 0.6 is 0 Å². The molecule has 0 bridgehead atoms. The van der Waals surface area contributed by atoms with Crippen LogP contribution in [0.4, 0.5) is 5.69 Å². The molecule has 0 saturated carbocycles. The van der Waals surface area contributed by atoms with E-state index in [0.29, 0.717) is 17.0 Å². The molecule has 0 N–H and O–H groups in total. The largest absolute Gasteiger partial charge is 0.273 e. The molecule has 0 saturated heterocycles. The summed E-state index contributed by atoms with van der Waals surface area (Å²) < 4.78 is 1.56. The molecular weight excluding hydrogens is 208 g/mol. The molecule has 0 aliphatic heterocycles. The van der Waals surface area contributed by atoms with Crippen LogP contribution in [0.25, 0.3) is 11.4 Å². The molecule has 16 heavy (non-hydrogen) atoms. The average molecular weight is 218 g/mol. The summed E-state index contributed by atoms with van der Waals surface area (Å²) in [5, 5.41) is 14.9. The van der Waals surface area contributed by atoms with Crippen LogP contribution in [0, 0.1) is 17.0 Å². The number of aromatic nitrogens is 3. The van der Waals surface area contributed by atoms with E-state index in [2.05, 4.69) is 10.1 Å². The third-order valence-corrected chi connectivity index (χ3v) is 2.26. The molecule has 2 aromatic rings. The predicted octanol–water partition coefficient (Wildman–Crippen LogP) is 1.70. The monoisotopic (exact) mass is 218 g/mol. The molecule has 0 fully saturated rings. The van der Waals surface area contributed by atoms with Gasteiger partial charge in [-0.05, 0) is 6.92 Å². The molecule has 1 aromatic carbocycles. The van der Waals surface area contributed by atoms with Crippen LogP contribution in [-0.2, 0) is 7.05 Å². The van der Waals surface area contributed by atoms with Gasteiger partial charge in [0.2, 0.25) is 0 Å². The second-order valence-electron chi connectivity index (χ2n) is 3.50. The van der Waals surface area contributed by atoms with Gasteiger partial charge in [0.25, 0.3) is 5.69 Å². The minimum absolute atomic E-state index is 0.0879. The van der Waals surface area contributed by atoms with Crippen molar-refractivity contribution in [1.29, 1.82) is 0 Å². The first kappa shape index (κ1) is 10.3. The minimum Gasteiger partial charge on any atom is -0.258 e. The van der Waals surface area contributed by atoms with Gasteiger partial charge in [0, 0.05) is 24.2 Å². The van der Waals surface area contributed by atoms with E-state index in [1.807, 2.05) is 0 Å². The van der Waals surface area contributed by atoms with E-state index >= 15 is 0 Å². The van der Waals surface area contributed by atoms with Crippen molar-refractivity contribution in [2.45, 2.75) is 6.92 Å². The fourth-order valence-electron chi connectivity index (χ4n) is 1.42. The first-order chi connectivity index (χ1) is 7.58. The number of nitrogens with zero attached hydrogens (tertiary/aromatic N) is 4. The normalized spacial score (nSPS) is 10.4. The van der Waals surface area contributed by atoms with Crippen molar-refractivity contribution in [1.82, 2.24) is 14.8 Å². The molecule has 0 radical (unpaired) electrons. The molecule has 0 unspecified atom stereocenters. The smallest absolute Gasteiger partial charge is 0.258 e. The Kier molecular flexibility index (Phi) is 2.40. The summed E-state index contributed by atoms with van der Waals surface area (Å²) in [5.41, 5.74) is 1.37. The van der Waals surface area contributed by atoms with Crippen molar-refractivity contribution in [3.05, 3.63) is 40.2 Å². The van der Waals surface area contributed by atoms with Gasteiger partial charge in [0.05, 0.1) is 4.92 Å². The number of aryl methyl sites for hydroxylation is 2. The Morgan fingerprint density at radius 3 is 2.75 bits per heavy atom. The molecule has 6 nitrogen and oxygen atoms in total. The lowest BCUT2D eigenvalue weighted by atomic mass is 10.1. The zero-order valence-corrected chi connectivity index (χ0v) is 8.91. The van der Waals surface area contributed by atoms with Crippen LogP contribution in [0.2, 0.25) is 0 Å². The Hall–Kier alpha value is -2.24. The summed E-state index contributed by atoms with van der Waals surface area (Å²) in [7, 11) is 1.75. The zero-order valence-electron chi connectivity index (χ0n) is 8.91. The third kappa shape index (κ3) is 1.77. The molecule has 1 aromatic heterocycles. The number of nitro groups is 1. The average Bonchev–Trinajstić information content (AvgIpc) is 2.65. The Labute approximate surface area is 91.7 Å². The van der Waals surface area contributed by atoms with Gasteiger partial charge in [-0.15, -0.1) is 0 Å². The first-order valence-electron chi connectivity index (χ1n) is 4.69. The fourth-order valence-corrected chi connectivity index (χ4v) is 1.42. The fraction of sp³-hybridized carbons (Fsp3) is 0.200. The quantitative estimate of drug-likeness (QED) is 0.568. The van der Waals surface area contributed by atoms with Crippen molar-refractivity contribution < 1.29 is 4.92 Å². The van der Waals surface area contributed by atoms with Gasteiger partial charge in [0.1, 0.15) is 6.33 Å². The second kappa shape index (κ2) is 3.73. The van der Waals surface area contributed by atoms with Crippen LogP contribution in [0.15, 0.2) is 24.5 Å². The lowest BCUT2D eigenvalue weighted by Gasteiger charge is -1.99. The van der Waals surface area contributed by atoms with Crippen LogP contribution in [0.3, 0.4) is 0 Å². The Morgan fingerprint density at radius 1 is 1.44 bits per heavy atom. The molecular formula is C10H10N4O2. The SMILES string of the molecule is Cc1ccc(-c2ncn(C)n2)cc1[N+](=O)[O-].